The number of rotatable bonds is 7. The summed E-state index contributed by atoms with van der Waals surface area (Å²) < 4.78 is 5.82. The van der Waals surface area contributed by atoms with Crippen molar-refractivity contribution in [1.82, 2.24) is 5.32 Å². The maximum absolute atomic E-state index is 12.3. The summed E-state index contributed by atoms with van der Waals surface area (Å²) >= 11 is 7.53. The van der Waals surface area contributed by atoms with Gasteiger partial charge in [0.05, 0.1) is 4.88 Å². The largest absolute Gasteiger partial charge is 0.489 e. The van der Waals surface area contributed by atoms with E-state index in [1.165, 1.54) is 16.9 Å². The molecule has 0 aliphatic heterocycles. The fourth-order valence-electron chi connectivity index (χ4n) is 2.59. The Morgan fingerprint density at radius 1 is 1.15 bits per heavy atom. The van der Waals surface area contributed by atoms with Gasteiger partial charge in [-0.2, -0.15) is 0 Å². The minimum atomic E-state index is -0.104. The first kappa shape index (κ1) is 19.5. The lowest BCUT2D eigenvalue weighted by atomic mass is 10.0. The number of benzene rings is 2. The molecule has 1 aromatic heterocycles. The summed E-state index contributed by atoms with van der Waals surface area (Å²) in [6.07, 6.45) is 0. The number of hydrogen-bond donors (Lipinski definition) is 1. The van der Waals surface area contributed by atoms with Gasteiger partial charge in [0.2, 0.25) is 0 Å². The molecule has 1 heterocycles. The molecular formula is C22H22ClNO2S. The molecule has 0 saturated carbocycles. The number of halogens is 1. The number of thiophene rings is 1. The second-order valence-corrected chi connectivity index (χ2v) is 7.92. The molecule has 0 radical (unpaired) electrons. The van der Waals surface area contributed by atoms with Crippen molar-refractivity contribution in [2.75, 3.05) is 0 Å². The molecule has 3 aromatic rings. The van der Waals surface area contributed by atoms with E-state index in [2.05, 4.69) is 31.3 Å². The van der Waals surface area contributed by atoms with Crippen LogP contribution in [0.2, 0.25) is 5.02 Å². The number of amides is 1. The van der Waals surface area contributed by atoms with Crippen LogP contribution in [-0.4, -0.2) is 5.91 Å². The van der Waals surface area contributed by atoms with E-state index in [0.717, 1.165) is 16.9 Å². The molecule has 0 fully saturated rings. The van der Waals surface area contributed by atoms with E-state index in [-0.39, 0.29) is 5.91 Å². The topological polar surface area (TPSA) is 38.3 Å². The van der Waals surface area contributed by atoms with E-state index in [9.17, 15) is 4.79 Å². The maximum Gasteiger partial charge on any atom is 0.261 e. The molecule has 0 aliphatic carbocycles. The third kappa shape index (κ3) is 5.34. The molecule has 5 heteroatoms. The van der Waals surface area contributed by atoms with E-state index >= 15 is 0 Å². The fraction of sp³-hybridized carbons (Fsp3) is 0.227. The molecule has 1 amide bonds. The van der Waals surface area contributed by atoms with E-state index in [1.54, 1.807) is 0 Å². The molecule has 27 heavy (non-hydrogen) atoms. The summed E-state index contributed by atoms with van der Waals surface area (Å²) in [5.41, 5.74) is 3.17. The van der Waals surface area contributed by atoms with Gasteiger partial charge in [0, 0.05) is 17.1 Å². The van der Waals surface area contributed by atoms with Gasteiger partial charge in [-0.25, -0.2) is 0 Å². The van der Waals surface area contributed by atoms with Gasteiger partial charge in [0.15, 0.2) is 0 Å². The molecule has 140 valence electrons. The lowest BCUT2D eigenvalue weighted by molar-refractivity contribution is 0.0955. The number of carbonyl (C=O) groups excluding carboxylic acids is 1. The Morgan fingerprint density at radius 3 is 2.59 bits per heavy atom. The fourth-order valence-corrected chi connectivity index (χ4v) is 3.61. The van der Waals surface area contributed by atoms with Gasteiger partial charge in [0.25, 0.3) is 5.91 Å². The zero-order valence-corrected chi connectivity index (χ0v) is 16.9. The maximum atomic E-state index is 12.3. The SMILES string of the molecule is CC(C)c1ccc(OCc2csc(C(=O)NCc3ccccc3Cl)c2)cc1. The Hall–Kier alpha value is -2.30. The highest BCUT2D eigenvalue weighted by atomic mass is 35.5. The molecule has 0 aliphatic rings. The van der Waals surface area contributed by atoms with Crippen LogP contribution in [-0.2, 0) is 13.2 Å². The zero-order chi connectivity index (χ0) is 19.2. The lowest BCUT2D eigenvalue weighted by Gasteiger charge is -2.08. The molecule has 0 atom stereocenters. The van der Waals surface area contributed by atoms with Crippen LogP contribution in [0.25, 0.3) is 0 Å². The number of nitrogens with one attached hydrogen (secondary N) is 1. The van der Waals surface area contributed by atoms with Crippen LogP contribution in [0.1, 0.15) is 46.1 Å². The molecule has 1 N–H and O–H groups in total. The Morgan fingerprint density at radius 2 is 1.89 bits per heavy atom. The van der Waals surface area contributed by atoms with Crippen molar-refractivity contribution in [2.24, 2.45) is 0 Å². The first-order valence-corrected chi connectivity index (χ1v) is 10.1. The van der Waals surface area contributed by atoms with Crippen molar-refractivity contribution >= 4 is 28.8 Å². The highest BCUT2D eigenvalue weighted by Crippen LogP contribution is 2.21. The van der Waals surface area contributed by atoms with Crippen LogP contribution < -0.4 is 10.1 Å². The van der Waals surface area contributed by atoms with Gasteiger partial charge < -0.3 is 10.1 Å². The molecular weight excluding hydrogens is 378 g/mol. The van der Waals surface area contributed by atoms with Gasteiger partial charge in [-0.15, -0.1) is 11.3 Å². The van der Waals surface area contributed by atoms with Crippen molar-refractivity contribution < 1.29 is 9.53 Å². The van der Waals surface area contributed by atoms with Crippen molar-refractivity contribution in [3.05, 3.63) is 86.6 Å². The van der Waals surface area contributed by atoms with Crippen LogP contribution in [0.15, 0.2) is 60.0 Å². The van der Waals surface area contributed by atoms with Gasteiger partial charge in [0.1, 0.15) is 12.4 Å². The van der Waals surface area contributed by atoms with E-state index in [1.807, 2.05) is 47.8 Å². The van der Waals surface area contributed by atoms with Gasteiger partial charge in [-0.1, -0.05) is 55.8 Å². The number of ether oxygens (including phenoxy) is 1. The quantitative estimate of drug-likeness (QED) is 0.526. The van der Waals surface area contributed by atoms with Crippen LogP contribution >= 0.6 is 22.9 Å². The lowest BCUT2D eigenvalue weighted by Crippen LogP contribution is -2.21. The zero-order valence-electron chi connectivity index (χ0n) is 15.4. The van der Waals surface area contributed by atoms with Gasteiger partial charge >= 0.3 is 0 Å². The van der Waals surface area contributed by atoms with Gasteiger partial charge in [-0.05, 0) is 46.7 Å². The highest BCUT2D eigenvalue weighted by Gasteiger charge is 2.10. The monoisotopic (exact) mass is 399 g/mol. The first-order chi connectivity index (χ1) is 13.0. The highest BCUT2D eigenvalue weighted by molar-refractivity contribution is 7.12. The predicted molar refractivity (Wildman–Crippen MR) is 112 cm³/mol. The average Bonchev–Trinajstić information content (AvgIpc) is 3.15. The second kappa shape index (κ2) is 9.07. The minimum Gasteiger partial charge on any atom is -0.489 e. The second-order valence-electron chi connectivity index (χ2n) is 6.61. The van der Waals surface area contributed by atoms with Gasteiger partial charge in [-0.3, -0.25) is 4.79 Å². The number of hydrogen-bond acceptors (Lipinski definition) is 3. The molecule has 2 aromatic carbocycles. The van der Waals surface area contributed by atoms with Crippen LogP contribution in [0.4, 0.5) is 0 Å². The Balaban J connectivity index is 1.53. The van der Waals surface area contributed by atoms with E-state index in [0.29, 0.717) is 29.0 Å². The van der Waals surface area contributed by atoms with Crippen LogP contribution in [0.3, 0.4) is 0 Å². The third-order valence-corrected chi connectivity index (χ3v) is 5.57. The van der Waals surface area contributed by atoms with Crippen LogP contribution in [0.5, 0.6) is 5.75 Å². The molecule has 3 rings (SSSR count). The van der Waals surface area contributed by atoms with E-state index in [4.69, 9.17) is 16.3 Å². The summed E-state index contributed by atoms with van der Waals surface area (Å²) in [5, 5.41) is 5.51. The van der Waals surface area contributed by atoms with Crippen molar-refractivity contribution in [2.45, 2.75) is 32.9 Å². The average molecular weight is 400 g/mol. The Labute approximate surface area is 169 Å². The summed E-state index contributed by atoms with van der Waals surface area (Å²) in [5.74, 6) is 1.23. The normalized spacial score (nSPS) is 10.8. The minimum absolute atomic E-state index is 0.104. The first-order valence-electron chi connectivity index (χ1n) is 8.84. The Kier molecular flexibility index (Phi) is 6.54. The summed E-state index contributed by atoms with van der Waals surface area (Å²) in [6, 6.07) is 17.5. The molecule has 3 nitrogen and oxygen atoms in total. The molecule has 0 saturated heterocycles. The van der Waals surface area contributed by atoms with Crippen molar-refractivity contribution in [1.29, 1.82) is 0 Å². The standard InChI is InChI=1S/C22H22ClNO2S/c1-15(2)17-7-9-19(10-8-17)26-13-16-11-21(27-14-16)22(25)24-12-18-5-3-4-6-20(18)23/h3-11,14-15H,12-13H2,1-2H3,(H,24,25). The molecule has 0 bridgehead atoms. The van der Waals surface area contributed by atoms with Crippen molar-refractivity contribution in [3.8, 4) is 5.75 Å². The van der Waals surface area contributed by atoms with E-state index < -0.39 is 0 Å². The Bertz CT molecular complexity index is 903. The molecule has 0 spiro atoms. The van der Waals surface area contributed by atoms with Crippen LogP contribution in [0, 0.1) is 0 Å². The summed E-state index contributed by atoms with van der Waals surface area (Å²) in [4.78, 5) is 13.0. The van der Waals surface area contributed by atoms with Crippen molar-refractivity contribution in [3.63, 3.8) is 0 Å². The number of carbonyl (C=O) groups is 1. The summed E-state index contributed by atoms with van der Waals surface area (Å²) in [6.45, 7) is 5.18. The molecule has 0 unspecified atom stereocenters. The predicted octanol–water partition coefficient (Wildman–Crippen LogP) is 6.03. The summed E-state index contributed by atoms with van der Waals surface area (Å²) in [7, 11) is 0. The third-order valence-electron chi connectivity index (χ3n) is 4.23. The smallest absolute Gasteiger partial charge is 0.261 e.